The number of ether oxygens (including phenoxy) is 1. The Morgan fingerprint density at radius 3 is 2.70 bits per heavy atom. The van der Waals surface area contributed by atoms with Gasteiger partial charge in [-0.05, 0) is 25.8 Å². The predicted octanol–water partition coefficient (Wildman–Crippen LogP) is 1.66. The molecule has 0 aliphatic heterocycles. The Morgan fingerprint density at radius 2 is 2.30 bits per heavy atom. The number of allylic oxidation sites excluding steroid dienone is 1. The molecule has 0 heterocycles. The van der Waals surface area contributed by atoms with Crippen LogP contribution in [0.3, 0.4) is 0 Å². The Balaban J connectivity index is 2.27. The van der Waals surface area contributed by atoms with Crippen LogP contribution < -0.4 is 0 Å². The molecule has 2 nitrogen and oxygen atoms in total. The van der Waals surface area contributed by atoms with Gasteiger partial charge in [-0.3, -0.25) is 4.79 Å². The van der Waals surface area contributed by atoms with Gasteiger partial charge in [0.2, 0.25) is 0 Å². The summed E-state index contributed by atoms with van der Waals surface area (Å²) in [5, 5.41) is 0. The van der Waals surface area contributed by atoms with Crippen molar-refractivity contribution in [1.82, 2.24) is 0 Å². The highest BCUT2D eigenvalue weighted by Gasteiger charge is 2.13. The van der Waals surface area contributed by atoms with Crippen LogP contribution in [0.5, 0.6) is 0 Å². The second kappa shape index (κ2) is 2.86. The third kappa shape index (κ3) is 2.67. The van der Waals surface area contributed by atoms with E-state index in [0.717, 1.165) is 0 Å². The van der Waals surface area contributed by atoms with Crippen molar-refractivity contribution >= 4 is 5.97 Å². The largest absolute Gasteiger partial charge is 0.459 e. The molecule has 0 aromatic rings. The highest BCUT2D eigenvalue weighted by Crippen LogP contribution is 2.28. The van der Waals surface area contributed by atoms with Crippen LogP contribution in [-0.4, -0.2) is 12.1 Å². The van der Waals surface area contributed by atoms with Gasteiger partial charge in [-0.15, -0.1) is 0 Å². The molecule has 1 aliphatic rings. The average molecular weight is 140 g/mol. The quantitative estimate of drug-likeness (QED) is 0.430. The Labute approximate surface area is 60.9 Å². The molecule has 0 radical (unpaired) electrons. The van der Waals surface area contributed by atoms with Crippen LogP contribution in [0.4, 0.5) is 0 Å². The second-order valence-corrected chi connectivity index (χ2v) is 2.64. The molecule has 0 N–H and O–H groups in total. The van der Waals surface area contributed by atoms with E-state index in [1.54, 1.807) is 0 Å². The predicted molar refractivity (Wildman–Crippen MR) is 38.5 cm³/mol. The molecule has 1 saturated carbocycles. The Bertz CT molecular complexity index is 164. The third-order valence-corrected chi connectivity index (χ3v) is 1.36. The van der Waals surface area contributed by atoms with Crippen molar-refractivity contribution in [2.24, 2.45) is 0 Å². The summed E-state index contributed by atoms with van der Waals surface area (Å²) in [5.41, 5.74) is 1.41. The number of esters is 1. The highest BCUT2D eigenvalue weighted by atomic mass is 16.5. The van der Waals surface area contributed by atoms with Gasteiger partial charge in [-0.1, -0.05) is 5.57 Å². The molecule has 56 valence electrons. The van der Waals surface area contributed by atoms with Crippen LogP contribution in [0.15, 0.2) is 11.6 Å². The second-order valence-electron chi connectivity index (χ2n) is 2.64. The van der Waals surface area contributed by atoms with Gasteiger partial charge in [0.05, 0.1) is 0 Å². The van der Waals surface area contributed by atoms with Crippen LogP contribution in [-0.2, 0) is 9.53 Å². The van der Waals surface area contributed by atoms with Crippen molar-refractivity contribution in [1.29, 1.82) is 0 Å². The van der Waals surface area contributed by atoms with Crippen LogP contribution in [0.25, 0.3) is 0 Å². The topological polar surface area (TPSA) is 26.3 Å². The van der Waals surface area contributed by atoms with E-state index >= 15 is 0 Å². The molecule has 10 heavy (non-hydrogen) atoms. The lowest BCUT2D eigenvalue weighted by Crippen LogP contribution is -2.08. The fourth-order valence-electron chi connectivity index (χ4n) is 0.867. The lowest BCUT2D eigenvalue weighted by atomic mass is 10.3. The van der Waals surface area contributed by atoms with Crippen molar-refractivity contribution in [3.8, 4) is 0 Å². The summed E-state index contributed by atoms with van der Waals surface area (Å²) in [4.78, 5) is 10.4. The maximum absolute atomic E-state index is 10.4. The molecule has 0 aromatic carbocycles. The summed E-state index contributed by atoms with van der Waals surface area (Å²) in [7, 11) is 0. The van der Waals surface area contributed by atoms with E-state index in [-0.39, 0.29) is 12.1 Å². The maximum Gasteiger partial charge on any atom is 0.303 e. The molecule has 2 heteroatoms. The van der Waals surface area contributed by atoms with E-state index in [1.165, 1.54) is 25.3 Å². The van der Waals surface area contributed by atoms with Gasteiger partial charge in [0.25, 0.3) is 0 Å². The smallest absolute Gasteiger partial charge is 0.303 e. The lowest BCUT2D eigenvalue weighted by molar-refractivity contribution is -0.143. The van der Waals surface area contributed by atoms with Gasteiger partial charge in [0, 0.05) is 6.92 Å². The third-order valence-electron chi connectivity index (χ3n) is 1.36. The molecule has 0 spiro atoms. The molecule has 1 atom stereocenters. The van der Waals surface area contributed by atoms with E-state index in [1.807, 2.05) is 13.0 Å². The zero-order valence-corrected chi connectivity index (χ0v) is 6.39. The molecular weight excluding hydrogens is 128 g/mol. The van der Waals surface area contributed by atoms with Crippen molar-refractivity contribution in [2.45, 2.75) is 32.8 Å². The Morgan fingerprint density at radius 1 is 1.70 bits per heavy atom. The first kappa shape index (κ1) is 7.32. The van der Waals surface area contributed by atoms with E-state index in [2.05, 4.69) is 0 Å². The molecule has 0 bridgehead atoms. The summed E-state index contributed by atoms with van der Waals surface area (Å²) in [5.74, 6) is -0.204. The molecule has 1 aliphatic carbocycles. The Hall–Kier alpha value is -0.790. The zero-order chi connectivity index (χ0) is 7.56. The molecule has 1 rings (SSSR count). The molecule has 0 aromatic heterocycles. The standard InChI is InChI=1S/C8H12O2/c1-6(10-7(2)9)5-8-3-4-8/h5-6H,3-4H2,1-2H3. The first-order chi connectivity index (χ1) is 4.68. The van der Waals surface area contributed by atoms with E-state index in [4.69, 9.17) is 4.74 Å². The highest BCUT2D eigenvalue weighted by molar-refractivity contribution is 5.66. The minimum absolute atomic E-state index is 0.0324. The average Bonchev–Trinajstić information content (AvgIpc) is 2.46. The number of carbonyl (C=O) groups is 1. The normalized spacial score (nSPS) is 18.0. The summed E-state index contributed by atoms with van der Waals surface area (Å²) in [6.07, 6.45) is 4.36. The minimum Gasteiger partial charge on any atom is -0.459 e. The monoisotopic (exact) mass is 140 g/mol. The molecule has 0 amide bonds. The summed E-state index contributed by atoms with van der Waals surface area (Å²) in [6.45, 7) is 3.31. The van der Waals surface area contributed by atoms with Crippen LogP contribution in [0.1, 0.15) is 26.7 Å². The molecule has 1 fully saturated rings. The maximum atomic E-state index is 10.4. The fraction of sp³-hybridized carbons (Fsp3) is 0.625. The van der Waals surface area contributed by atoms with E-state index < -0.39 is 0 Å². The van der Waals surface area contributed by atoms with Crippen molar-refractivity contribution in [3.63, 3.8) is 0 Å². The molecular formula is C8H12O2. The van der Waals surface area contributed by atoms with Crippen LogP contribution >= 0.6 is 0 Å². The van der Waals surface area contributed by atoms with Gasteiger partial charge in [0.1, 0.15) is 6.10 Å². The Kier molecular flexibility index (Phi) is 2.10. The first-order valence-corrected chi connectivity index (χ1v) is 3.55. The van der Waals surface area contributed by atoms with Crippen molar-refractivity contribution in [3.05, 3.63) is 11.6 Å². The molecule has 1 unspecified atom stereocenters. The van der Waals surface area contributed by atoms with Gasteiger partial charge in [0.15, 0.2) is 0 Å². The van der Waals surface area contributed by atoms with E-state index in [9.17, 15) is 4.79 Å². The van der Waals surface area contributed by atoms with Crippen molar-refractivity contribution in [2.75, 3.05) is 0 Å². The summed E-state index contributed by atoms with van der Waals surface area (Å²) >= 11 is 0. The first-order valence-electron chi connectivity index (χ1n) is 3.55. The summed E-state index contributed by atoms with van der Waals surface area (Å²) < 4.78 is 4.89. The number of hydrogen-bond donors (Lipinski definition) is 0. The number of carbonyl (C=O) groups excluding carboxylic acids is 1. The number of rotatable bonds is 2. The molecule has 0 saturated heterocycles. The number of hydrogen-bond acceptors (Lipinski definition) is 2. The van der Waals surface area contributed by atoms with Gasteiger partial charge >= 0.3 is 5.97 Å². The lowest BCUT2D eigenvalue weighted by Gasteiger charge is -2.04. The fourth-order valence-corrected chi connectivity index (χ4v) is 0.867. The van der Waals surface area contributed by atoms with E-state index in [0.29, 0.717) is 0 Å². The van der Waals surface area contributed by atoms with Crippen LogP contribution in [0, 0.1) is 0 Å². The van der Waals surface area contributed by atoms with Gasteiger partial charge in [-0.2, -0.15) is 0 Å². The van der Waals surface area contributed by atoms with Crippen LogP contribution in [0.2, 0.25) is 0 Å². The van der Waals surface area contributed by atoms with Crippen molar-refractivity contribution < 1.29 is 9.53 Å². The minimum atomic E-state index is -0.204. The SMILES string of the molecule is CC(=O)OC(C)C=C1CC1. The summed E-state index contributed by atoms with van der Waals surface area (Å²) in [6, 6.07) is 0. The van der Waals surface area contributed by atoms with Gasteiger partial charge < -0.3 is 4.74 Å². The zero-order valence-electron chi connectivity index (χ0n) is 6.39. The van der Waals surface area contributed by atoms with Gasteiger partial charge in [-0.25, -0.2) is 0 Å².